The molecule has 1 saturated heterocycles. The summed E-state index contributed by atoms with van der Waals surface area (Å²) < 4.78 is 0. The second kappa shape index (κ2) is 7.57. The quantitative estimate of drug-likeness (QED) is 0.724. The Hall–Kier alpha value is -1.87. The van der Waals surface area contributed by atoms with Gasteiger partial charge in [-0.3, -0.25) is 4.90 Å². The molecule has 0 amide bonds. The van der Waals surface area contributed by atoms with Crippen molar-refractivity contribution in [3.8, 4) is 0 Å². The van der Waals surface area contributed by atoms with Crippen LogP contribution in [0.2, 0.25) is 5.02 Å². The van der Waals surface area contributed by atoms with Crippen LogP contribution in [0, 0.1) is 0 Å². The minimum atomic E-state index is 0.193. The Morgan fingerprint density at radius 3 is 2.52 bits per heavy atom. The van der Waals surface area contributed by atoms with Crippen molar-refractivity contribution < 1.29 is 0 Å². The van der Waals surface area contributed by atoms with Crippen LogP contribution in [-0.4, -0.2) is 31.1 Å². The maximum atomic E-state index is 6.60. The van der Waals surface area contributed by atoms with Crippen LogP contribution in [0.4, 0.5) is 0 Å². The number of benzene rings is 3. The average molecular weight is 351 g/mol. The monoisotopic (exact) mass is 350 g/mol. The van der Waals surface area contributed by atoms with Gasteiger partial charge in [-0.05, 0) is 47.0 Å². The predicted molar refractivity (Wildman–Crippen MR) is 106 cm³/mol. The summed E-state index contributed by atoms with van der Waals surface area (Å²) in [6, 6.07) is 23.8. The highest BCUT2D eigenvalue weighted by molar-refractivity contribution is 6.31. The fourth-order valence-electron chi connectivity index (χ4n) is 3.79. The smallest absolute Gasteiger partial charge is 0.0617 e. The summed E-state index contributed by atoms with van der Waals surface area (Å²) in [7, 11) is 0. The first-order valence-electron chi connectivity index (χ1n) is 9.01. The standard InChI is InChI=1S/C22H23ClN2/c23-21-9-4-3-8-20(21)22(25-14-5-12-24-13-15-25)19-11-10-17-6-1-2-7-18(17)16-19/h1-4,6-11,16,22,24H,5,12-15H2. The summed E-state index contributed by atoms with van der Waals surface area (Å²) in [6.07, 6.45) is 1.16. The minimum Gasteiger partial charge on any atom is -0.315 e. The van der Waals surface area contributed by atoms with Gasteiger partial charge in [-0.1, -0.05) is 66.2 Å². The van der Waals surface area contributed by atoms with E-state index in [1.54, 1.807) is 0 Å². The zero-order valence-corrected chi connectivity index (χ0v) is 15.0. The van der Waals surface area contributed by atoms with Crippen molar-refractivity contribution in [2.24, 2.45) is 0 Å². The van der Waals surface area contributed by atoms with E-state index >= 15 is 0 Å². The number of hydrogen-bond acceptors (Lipinski definition) is 2. The molecule has 1 atom stereocenters. The van der Waals surface area contributed by atoms with Crippen LogP contribution in [0.1, 0.15) is 23.6 Å². The first-order valence-corrected chi connectivity index (χ1v) is 9.38. The summed E-state index contributed by atoms with van der Waals surface area (Å²) in [6.45, 7) is 4.22. The number of rotatable bonds is 3. The Morgan fingerprint density at radius 1 is 0.840 bits per heavy atom. The molecule has 0 spiro atoms. The van der Waals surface area contributed by atoms with Crippen LogP contribution in [0.3, 0.4) is 0 Å². The molecule has 0 radical (unpaired) electrons. The molecule has 0 saturated carbocycles. The van der Waals surface area contributed by atoms with Crippen LogP contribution in [-0.2, 0) is 0 Å². The van der Waals surface area contributed by atoms with Crippen molar-refractivity contribution in [3.05, 3.63) is 82.9 Å². The molecule has 4 rings (SSSR count). The number of hydrogen-bond donors (Lipinski definition) is 1. The summed E-state index contributed by atoms with van der Waals surface area (Å²) in [5.41, 5.74) is 2.51. The molecule has 3 aromatic carbocycles. The second-order valence-corrected chi connectivity index (χ2v) is 7.08. The lowest BCUT2D eigenvalue weighted by Gasteiger charge is -2.32. The molecule has 25 heavy (non-hydrogen) atoms. The average Bonchev–Trinajstić information content (AvgIpc) is 2.93. The van der Waals surface area contributed by atoms with Gasteiger partial charge in [0.25, 0.3) is 0 Å². The number of halogens is 1. The van der Waals surface area contributed by atoms with E-state index in [0.29, 0.717) is 0 Å². The molecule has 1 unspecified atom stereocenters. The maximum absolute atomic E-state index is 6.60. The maximum Gasteiger partial charge on any atom is 0.0617 e. The lowest BCUT2D eigenvalue weighted by molar-refractivity contribution is 0.241. The molecule has 128 valence electrons. The van der Waals surface area contributed by atoms with Crippen LogP contribution in [0.15, 0.2) is 66.7 Å². The number of nitrogens with one attached hydrogen (secondary N) is 1. The third-order valence-electron chi connectivity index (χ3n) is 5.03. The van der Waals surface area contributed by atoms with E-state index < -0.39 is 0 Å². The van der Waals surface area contributed by atoms with Crippen molar-refractivity contribution in [1.29, 1.82) is 0 Å². The number of fused-ring (bicyclic) bond motifs is 1. The molecular formula is C22H23ClN2. The Morgan fingerprint density at radius 2 is 1.64 bits per heavy atom. The molecule has 0 bridgehead atoms. The van der Waals surface area contributed by atoms with Gasteiger partial charge in [-0.2, -0.15) is 0 Å². The molecule has 3 aromatic rings. The van der Waals surface area contributed by atoms with Crippen molar-refractivity contribution in [2.45, 2.75) is 12.5 Å². The summed E-state index contributed by atoms with van der Waals surface area (Å²) in [5, 5.41) is 6.91. The van der Waals surface area contributed by atoms with Crippen molar-refractivity contribution in [3.63, 3.8) is 0 Å². The molecule has 1 fully saturated rings. The second-order valence-electron chi connectivity index (χ2n) is 6.67. The predicted octanol–water partition coefficient (Wildman–Crippen LogP) is 4.88. The zero-order chi connectivity index (χ0) is 17.1. The Kier molecular flexibility index (Phi) is 5.02. The molecule has 3 heteroatoms. The van der Waals surface area contributed by atoms with Gasteiger partial charge in [0.2, 0.25) is 0 Å². The molecule has 1 aliphatic rings. The van der Waals surface area contributed by atoms with Crippen LogP contribution in [0.25, 0.3) is 10.8 Å². The van der Waals surface area contributed by atoms with Gasteiger partial charge in [0.15, 0.2) is 0 Å². The summed E-state index contributed by atoms with van der Waals surface area (Å²) in [5.74, 6) is 0. The van der Waals surface area contributed by atoms with Crippen LogP contribution in [0.5, 0.6) is 0 Å². The summed E-state index contributed by atoms with van der Waals surface area (Å²) in [4.78, 5) is 2.56. The van der Waals surface area contributed by atoms with E-state index in [4.69, 9.17) is 11.6 Å². The van der Waals surface area contributed by atoms with E-state index in [9.17, 15) is 0 Å². The molecular weight excluding hydrogens is 328 g/mol. The highest BCUT2D eigenvalue weighted by Gasteiger charge is 2.25. The van der Waals surface area contributed by atoms with Gasteiger partial charge < -0.3 is 5.32 Å². The Balaban J connectivity index is 1.81. The third-order valence-corrected chi connectivity index (χ3v) is 5.37. The molecule has 0 aromatic heterocycles. The largest absolute Gasteiger partial charge is 0.315 e. The zero-order valence-electron chi connectivity index (χ0n) is 14.3. The normalized spacial score (nSPS) is 17.3. The van der Waals surface area contributed by atoms with Gasteiger partial charge in [-0.15, -0.1) is 0 Å². The molecule has 1 N–H and O–H groups in total. The first kappa shape index (κ1) is 16.6. The van der Waals surface area contributed by atoms with Crippen molar-refractivity contribution in [1.82, 2.24) is 10.2 Å². The van der Waals surface area contributed by atoms with Crippen molar-refractivity contribution in [2.75, 3.05) is 26.2 Å². The number of nitrogens with zero attached hydrogens (tertiary/aromatic N) is 1. The van der Waals surface area contributed by atoms with E-state index in [1.807, 2.05) is 12.1 Å². The van der Waals surface area contributed by atoms with E-state index in [2.05, 4.69) is 64.8 Å². The third kappa shape index (κ3) is 3.57. The van der Waals surface area contributed by atoms with Gasteiger partial charge in [0.05, 0.1) is 6.04 Å². The van der Waals surface area contributed by atoms with Gasteiger partial charge in [-0.25, -0.2) is 0 Å². The minimum absolute atomic E-state index is 0.193. The first-order chi connectivity index (χ1) is 12.3. The fraction of sp³-hybridized carbons (Fsp3) is 0.273. The molecule has 0 aliphatic carbocycles. The Labute approximate surface area is 154 Å². The van der Waals surface area contributed by atoms with Crippen LogP contribution >= 0.6 is 11.6 Å². The van der Waals surface area contributed by atoms with E-state index in [0.717, 1.165) is 37.6 Å². The highest BCUT2D eigenvalue weighted by Crippen LogP contribution is 2.34. The van der Waals surface area contributed by atoms with Gasteiger partial charge in [0.1, 0.15) is 0 Å². The fourth-order valence-corrected chi connectivity index (χ4v) is 4.03. The molecule has 1 heterocycles. The van der Waals surface area contributed by atoms with Gasteiger partial charge >= 0.3 is 0 Å². The topological polar surface area (TPSA) is 15.3 Å². The Bertz CT molecular complexity index is 853. The molecule has 2 nitrogen and oxygen atoms in total. The highest BCUT2D eigenvalue weighted by atomic mass is 35.5. The lowest BCUT2D eigenvalue weighted by atomic mass is 9.94. The lowest BCUT2D eigenvalue weighted by Crippen LogP contribution is -2.33. The van der Waals surface area contributed by atoms with E-state index in [1.165, 1.54) is 21.9 Å². The summed E-state index contributed by atoms with van der Waals surface area (Å²) >= 11 is 6.60. The van der Waals surface area contributed by atoms with Crippen molar-refractivity contribution >= 4 is 22.4 Å². The van der Waals surface area contributed by atoms with Crippen LogP contribution < -0.4 is 5.32 Å². The van der Waals surface area contributed by atoms with E-state index in [-0.39, 0.29) is 6.04 Å². The molecule has 1 aliphatic heterocycles. The SMILES string of the molecule is Clc1ccccc1C(c1ccc2ccccc2c1)N1CCCNCC1. The van der Waals surface area contributed by atoms with Gasteiger partial charge in [0, 0.05) is 24.7 Å².